The van der Waals surface area contributed by atoms with Crippen LogP contribution in [-0.4, -0.2) is 31.3 Å². The third-order valence-electron chi connectivity index (χ3n) is 4.48. The zero-order chi connectivity index (χ0) is 20.8. The summed E-state index contributed by atoms with van der Waals surface area (Å²) in [7, 11) is 1.50. The molecule has 0 saturated carbocycles. The van der Waals surface area contributed by atoms with Crippen molar-refractivity contribution < 1.29 is 23.9 Å². The number of ether oxygens (including phenoxy) is 2. The minimum atomic E-state index is -0.588. The van der Waals surface area contributed by atoms with E-state index in [1.807, 2.05) is 30.3 Å². The van der Waals surface area contributed by atoms with E-state index < -0.39 is 5.97 Å². The number of Topliss-reactive ketones (excluding diaryl/α,β-unsaturated/α-hetero) is 1. The van der Waals surface area contributed by atoms with Gasteiger partial charge in [0.05, 0.1) is 7.11 Å². The molecule has 0 fully saturated rings. The monoisotopic (exact) mass is 391 g/mol. The van der Waals surface area contributed by atoms with Gasteiger partial charge < -0.3 is 14.8 Å². The Morgan fingerprint density at radius 1 is 0.897 bits per heavy atom. The second-order valence-corrected chi connectivity index (χ2v) is 6.49. The lowest BCUT2D eigenvalue weighted by Crippen LogP contribution is -2.30. The maximum atomic E-state index is 12.3. The second kappa shape index (κ2) is 9.01. The molecule has 0 bridgehead atoms. The van der Waals surface area contributed by atoms with Crippen LogP contribution >= 0.6 is 0 Å². The molecule has 6 heteroatoms. The van der Waals surface area contributed by atoms with E-state index in [-0.39, 0.29) is 24.8 Å². The quantitative estimate of drug-likeness (QED) is 0.492. The average molecular weight is 391 g/mol. The van der Waals surface area contributed by atoms with Gasteiger partial charge in [-0.3, -0.25) is 14.4 Å². The summed E-state index contributed by atoms with van der Waals surface area (Å²) in [5.74, 6) is -0.524. The summed E-state index contributed by atoms with van der Waals surface area (Å²) in [6.07, 6.45) is 0. The molecule has 0 aliphatic heterocycles. The minimum Gasteiger partial charge on any atom is -0.496 e. The summed E-state index contributed by atoms with van der Waals surface area (Å²) in [6, 6.07) is 18.0. The van der Waals surface area contributed by atoms with Crippen molar-refractivity contribution in [2.24, 2.45) is 0 Å². The number of benzene rings is 3. The van der Waals surface area contributed by atoms with Crippen molar-refractivity contribution in [1.29, 1.82) is 0 Å². The predicted octanol–water partition coefficient (Wildman–Crippen LogP) is 3.52. The summed E-state index contributed by atoms with van der Waals surface area (Å²) >= 11 is 0. The van der Waals surface area contributed by atoms with Gasteiger partial charge in [-0.25, -0.2) is 0 Å². The van der Waals surface area contributed by atoms with E-state index in [2.05, 4.69) is 5.32 Å². The molecular formula is C23H21NO5. The largest absolute Gasteiger partial charge is 0.496 e. The number of carbonyl (C=O) groups excluding carboxylic acids is 3. The Bertz CT molecular complexity index is 1070. The summed E-state index contributed by atoms with van der Waals surface area (Å²) in [6.45, 7) is 1.13. The van der Waals surface area contributed by atoms with E-state index in [1.54, 1.807) is 30.3 Å². The van der Waals surface area contributed by atoms with Gasteiger partial charge in [-0.1, -0.05) is 30.3 Å². The topological polar surface area (TPSA) is 81.7 Å². The van der Waals surface area contributed by atoms with E-state index >= 15 is 0 Å². The molecule has 0 saturated heterocycles. The normalized spacial score (nSPS) is 10.4. The number of hydrogen-bond donors (Lipinski definition) is 1. The second-order valence-electron chi connectivity index (χ2n) is 6.49. The maximum absolute atomic E-state index is 12.3. The molecular weight excluding hydrogens is 370 g/mol. The highest BCUT2D eigenvalue weighted by Gasteiger charge is 2.12. The van der Waals surface area contributed by atoms with Gasteiger partial charge in [0.2, 0.25) is 0 Å². The first kappa shape index (κ1) is 20.1. The molecule has 0 unspecified atom stereocenters. The Morgan fingerprint density at radius 3 is 2.34 bits per heavy atom. The number of nitrogens with one attached hydrogen (secondary N) is 1. The molecule has 3 aromatic carbocycles. The van der Waals surface area contributed by atoms with Gasteiger partial charge in [-0.05, 0) is 48.0 Å². The smallest absolute Gasteiger partial charge is 0.325 e. The molecule has 3 rings (SSSR count). The van der Waals surface area contributed by atoms with Crippen LogP contribution in [0.4, 0.5) is 0 Å². The minimum absolute atomic E-state index is 0.0605. The average Bonchev–Trinajstić information content (AvgIpc) is 2.75. The van der Waals surface area contributed by atoms with Gasteiger partial charge in [0.15, 0.2) is 5.78 Å². The highest BCUT2D eigenvalue weighted by atomic mass is 16.5. The highest BCUT2D eigenvalue weighted by Crippen LogP contribution is 2.21. The van der Waals surface area contributed by atoms with Crippen molar-refractivity contribution in [3.63, 3.8) is 0 Å². The lowest BCUT2D eigenvalue weighted by atomic mass is 10.1. The van der Waals surface area contributed by atoms with Crippen LogP contribution in [0.3, 0.4) is 0 Å². The van der Waals surface area contributed by atoms with Crippen LogP contribution in [0.15, 0.2) is 60.7 Å². The molecule has 0 atom stereocenters. The van der Waals surface area contributed by atoms with E-state index in [1.165, 1.54) is 14.0 Å². The molecule has 0 spiro atoms. The number of carbonyl (C=O) groups is 3. The van der Waals surface area contributed by atoms with Gasteiger partial charge in [0.25, 0.3) is 5.91 Å². The van der Waals surface area contributed by atoms with Crippen LogP contribution in [-0.2, 0) is 16.1 Å². The first-order valence-corrected chi connectivity index (χ1v) is 9.08. The Morgan fingerprint density at radius 2 is 1.62 bits per heavy atom. The molecule has 3 aromatic rings. The van der Waals surface area contributed by atoms with E-state index in [0.29, 0.717) is 22.4 Å². The molecule has 148 valence electrons. The summed E-state index contributed by atoms with van der Waals surface area (Å²) < 4.78 is 10.4. The number of ketones is 1. The van der Waals surface area contributed by atoms with Crippen LogP contribution in [0.25, 0.3) is 10.8 Å². The van der Waals surface area contributed by atoms with Crippen molar-refractivity contribution in [2.45, 2.75) is 13.5 Å². The van der Waals surface area contributed by atoms with Crippen LogP contribution < -0.4 is 10.1 Å². The van der Waals surface area contributed by atoms with Gasteiger partial charge >= 0.3 is 5.97 Å². The number of amides is 1. The molecule has 0 aliphatic carbocycles. The zero-order valence-electron chi connectivity index (χ0n) is 16.2. The number of fused-ring (bicyclic) bond motifs is 1. The Hall–Kier alpha value is -3.67. The summed E-state index contributed by atoms with van der Waals surface area (Å²) in [5.41, 5.74) is 1.54. The fourth-order valence-corrected chi connectivity index (χ4v) is 2.90. The van der Waals surface area contributed by atoms with E-state index in [9.17, 15) is 14.4 Å². The van der Waals surface area contributed by atoms with Crippen molar-refractivity contribution in [2.75, 3.05) is 13.7 Å². The van der Waals surface area contributed by atoms with Crippen molar-refractivity contribution in [1.82, 2.24) is 5.32 Å². The molecule has 0 aliphatic rings. The molecule has 0 heterocycles. The molecule has 6 nitrogen and oxygen atoms in total. The summed E-state index contributed by atoms with van der Waals surface area (Å²) in [5, 5.41) is 4.54. The van der Waals surface area contributed by atoms with Gasteiger partial charge in [-0.2, -0.15) is 0 Å². The van der Waals surface area contributed by atoms with Crippen molar-refractivity contribution >= 4 is 28.4 Å². The van der Waals surface area contributed by atoms with Gasteiger partial charge in [0.1, 0.15) is 18.9 Å². The molecule has 29 heavy (non-hydrogen) atoms. The first-order chi connectivity index (χ1) is 14.0. The number of hydrogen-bond acceptors (Lipinski definition) is 5. The summed E-state index contributed by atoms with van der Waals surface area (Å²) in [4.78, 5) is 35.9. The van der Waals surface area contributed by atoms with Gasteiger partial charge in [-0.15, -0.1) is 0 Å². The first-order valence-electron chi connectivity index (χ1n) is 9.08. The number of esters is 1. The highest BCUT2D eigenvalue weighted by molar-refractivity contribution is 5.99. The lowest BCUT2D eigenvalue weighted by Gasteiger charge is -2.11. The van der Waals surface area contributed by atoms with Gasteiger partial charge in [0, 0.05) is 16.7 Å². The fraction of sp³-hybridized carbons (Fsp3) is 0.174. The lowest BCUT2D eigenvalue weighted by molar-refractivity contribution is -0.143. The van der Waals surface area contributed by atoms with E-state index in [4.69, 9.17) is 9.47 Å². The standard InChI is InChI=1S/C23H21NO5/c1-15(25)17-9-10-21(28-2)20(11-17)14-29-22(26)13-24-23(27)19-8-7-16-5-3-4-6-18(16)12-19/h3-12H,13-14H2,1-2H3,(H,24,27). The SMILES string of the molecule is COc1ccc(C(C)=O)cc1COC(=O)CNC(=O)c1ccc2ccccc2c1. The Kier molecular flexibility index (Phi) is 6.24. The maximum Gasteiger partial charge on any atom is 0.325 e. The molecule has 0 radical (unpaired) electrons. The van der Waals surface area contributed by atoms with Crippen molar-refractivity contribution in [3.05, 3.63) is 77.4 Å². The van der Waals surface area contributed by atoms with Crippen LogP contribution in [0.5, 0.6) is 5.75 Å². The van der Waals surface area contributed by atoms with Crippen molar-refractivity contribution in [3.8, 4) is 5.75 Å². The number of rotatable bonds is 7. The fourth-order valence-electron chi connectivity index (χ4n) is 2.90. The predicted molar refractivity (Wildman–Crippen MR) is 109 cm³/mol. The Labute approximate surface area is 168 Å². The van der Waals surface area contributed by atoms with Crippen LogP contribution in [0.1, 0.15) is 33.2 Å². The van der Waals surface area contributed by atoms with Crippen LogP contribution in [0, 0.1) is 0 Å². The van der Waals surface area contributed by atoms with Crippen LogP contribution in [0.2, 0.25) is 0 Å². The Balaban J connectivity index is 1.57. The molecule has 1 amide bonds. The zero-order valence-corrected chi connectivity index (χ0v) is 16.2. The third-order valence-corrected chi connectivity index (χ3v) is 4.48. The molecule has 0 aromatic heterocycles. The number of methoxy groups -OCH3 is 1. The third kappa shape index (κ3) is 4.99. The van der Waals surface area contributed by atoms with E-state index in [0.717, 1.165) is 10.8 Å². The molecule has 1 N–H and O–H groups in total.